The van der Waals surface area contributed by atoms with Crippen LogP contribution in [0, 0.1) is 0 Å². The predicted octanol–water partition coefficient (Wildman–Crippen LogP) is 5.14. The highest BCUT2D eigenvalue weighted by Crippen LogP contribution is 2.28. The van der Waals surface area contributed by atoms with Crippen molar-refractivity contribution in [2.45, 2.75) is 32.0 Å². The predicted molar refractivity (Wildman–Crippen MR) is 113 cm³/mol. The number of benzene rings is 2. The van der Waals surface area contributed by atoms with Crippen LogP contribution >= 0.6 is 11.3 Å². The van der Waals surface area contributed by atoms with E-state index in [1.807, 2.05) is 24.3 Å². The number of fused-ring (bicyclic) bond motifs is 1. The minimum absolute atomic E-state index is 0.0490. The number of aryl methyl sites for hydroxylation is 1. The lowest BCUT2D eigenvalue weighted by atomic mass is 10.2. The summed E-state index contributed by atoms with van der Waals surface area (Å²) in [4.78, 5) is 16.7. The Morgan fingerprint density at radius 1 is 1.06 bits per heavy atom. The lowest BCUT2D eigenvalue weighted by Gasteiger charge is -2.07. The molecule has 31 heavy (non-hydrogen) atoms. The maximum atomic E-state index is 12.7. The number of carbonyl (C=O) groups is 1. The molecule has 1 N–H and O–H groups in total. The fourth-order valence-electron chi connectivity index (χ4n) is 3.10. The second-order valence-corrected chi connectivity index (χ2v) is 8.13. The number of aromatic nitrogens is 3. The zero-order valence-electron chi connectivity index (χ0n) is 16.4. The van der Waals surface area contributed by atoms with Crippen molar-refractivity contribution in [2.24, 2.45) is 0 Å². The first-order valence-electron chi connectivity index (χ1n) is 9.72. The third-order valence-electron chi connectivity index (χ3n) is 4.70. The zero-order valence-corrected chi connectivity index (χ0v) is 17.2. The second-order valence-electron chi connectivity index (χ2n) is 7.02. The topological polar surface area (TPSA) is 59.8 Å². The van der Waals surface area contributed by atoms with Gasteiger partial charge in [-0.15, -0.1) is 11.3 Å². The van der Waals surface area contributed by atoms with Crippen LogP contribution in [0.3, 0.4) is 0 Å². The molecule has 0 saturated heterocycles. The standard InChI is InChI=1S/C22H19F3N4OS/c23-22(24,25)19-12-13-29(28-19)16-10-8-15(9-11-16)14-26-20(30)6-3-7-21-27-17-4-1-2-5-18(17)31-21/h1-2,4-5,8-13H,3,6-7,14H2,(H,26,30). The van der Waals surface area contributed by atoms with Crippen molar-refractivity contribution in [3.05, 3.63) is 77.1 Å². The second kappa shape index (κ2) is 8.89. The highest BCUT2D eigenvalue weighted by Gasteiger charge is 2.33. The summed E-state index contributed by atoms with van der Waals surface area (Å²) >= 11 is 1.65. The normalized spacial score (nSPS) is 11.7. The first kappa shape index (κ1) is 21.0. The van der Waals surface area contributed by atoms with Gasteiger partial charge in [-0.2, -0.15) is 18.3 Å². The zero-order chi connectivity index (χ0) is 21.8. The molecule has 0 saturated carbocycles. The molecule has 0 unspecified atom stereocenters. The van der Waals surface area contributed by atoms with Crippen molar-refractivity contribution in [3.63, 3.8) is 0 Å². The number of rotatable bonds is 7. The molecule has 5 nitrogen and oxygen atoms in total. The molecule has 0 fully saturated rings. The Morgan fingerprint density at radius 3 is 2.55 bits per heavy atom. The van der Waals surface area contributed by atoms with Crippen LogP contribution in [0.5, 0.6) is 0 Å². The Labute approximate surface area is 180 Å². The van der Waals surface area contributed by atoms with E-state index >= 15 is 0 Å². The fourth-order valence-corrected chi connectivity index (χ4v) is 4.11. The molecule has 0 bridgehead atoms. The van der Waals surface area contributed by atoms with Gasteiger partial charge in [0.05, 0.1) is 20.9 Å². The number of alkyl halides is 3. The van der Waals surface area contributed by atoms with Crippen molar-refractivity contribution < 1.29 is 18.0 Å². The molecule has 160 valence electrons. The van der Waals surface area contributed by atoms with E-state index in [2.05, 4.69) is 15.4 Å². The molecule has 2 aromatic carbocycles. The monoisotopic (exact) mass is 444 g/mol. The molecule has 9 heteroatoms. The SMILES string of the molecule is O=C(CCCc1nc2ccccc2s1)NCc1ccc(-n2ccc(C(F)(F)F)n2)cc1. The molecular formula is C22H19F3N4OS. The summed E-state index contributed by atoms with van der Waals surface area (Å²) in [7, 11) is 0. The van der Waals surface area contributed by atoms with Gasteiger partial charge >= 0.3 is 6.18 Å². The van der Waals surface area contributed by atoms with Gasteiger partial charge in [-0.1, -0.05) is 24.3 Å². The number of amides is 1. The van der Waals surface area contributed by atoms with Crippen LogP contribution in [0.2, 0.25) is 0 Å². The fraction of sp³-hybridized carbons (Fsp3) is 0.227. The van der Waals surface area contributed by atoms with Gasteiger partial charge in [-0.25, -0.2) is 9.67 Å². The van der Waals surface area contributed by atoms with E-state index in [9.17, 15) is 18.0 Å². The number of para-hydroxylation sites is 1. The molecule has 1 amide bonds. The minimum Gasteiger partial charge on any atom is -0.352 e. The molecule has 4 rings (SSSR count). The molecular weight excluding hydrogens is 425 g/mol. The van der Waals surface area contributed by atoms with Gasteiger partial charge in [0, 0.05) is 19.2 Å². The average Bonchev–Trinajstić information content (AvgIpc) is 3.39. The number of nitrogens with one attached hydrogen (secondary N) is 1. The van der Waals surface area contributed by atoms with Crippen LogP contribution in [-0.2, 0) is 23.9 Å². The van der Waals surface area contributed by atoms with Gasteiger partial charge < -0.3 is 5.32 Å². The van der Waals surface area contributed by atoms with Gasteiger partial charge in [0.1, 0.15) is 0 Å². The Kier molecular flexibility index (Phi) is 6.03. The Bertz CT molecular complexity index is 1150. The van der Waals surface area contributed by atoms with Gasteiger partial charge in [0.2, 0.25) is 5.91 Å². The van der Waals surface area contributed by atoms with Crippen LogP contribution in [0.15, 0.2) is 60.8 Å². The van der Waals surface area contributed by atoms with E-state index in [0.717, 1.165) is 33.3 Å². The summed E-state index contributed by atoms with van der Waals surface area (Å²) in [6.07, 6.45) is -1.33. The highest BCUT2D eigenvalue weighted by atomic mass is 32.1. The van der Waals surface area contributed by atoms with Crippen LogP contribution in [0.4, 0.5) is 13.2 Å². The molecule has 0 atom stereocenters. The minimum atomic E-state index is -4.47. The summed E-state index contributed by atoms with van der Waals surface area (Å²) in [6.45, 7) is 0.354. The van der Waals surface area contributed by atoms with E-state index in [1.54, 1.807) is 35.6 Å². The van der Waals surface area contributed by atoms with E-state index in [-0.39, 0.29) is 5.91 Å². The van der Waals surface area contributed by atoms with Gasteiger partial charge in [0.15, 0.2) is 5.69 Å². The maximum absolute atomic E-state index is 12.7. The van der Waals surface area contributed by atoms with Crippen LogP contribution in [-0.4, -0.2) is 20.7 Å². The van der Waals surface area contributed by atoms with E-state index < -0.39 is 11.9 Å². The van der Waals surface area contributed by atoms with E-state index in [0.29, 0.717) is 25.1 Å². The van der Waals surface area contributed by atoms with Crippen LogP contribution in [0.1, 0.15) is 29.1 Å². The summed E-state index contributed by atoms with van der Waals surface area (Å²) in [6, 6.07) is 15.7. The number of nitrogens with zero attached hydrogens (tertiary/aromatic N) is 3. The number of thiazole rings is 1. The van der Waals surface area contributed by atoms with Gasteiger partial charge in [-0.05, 0) is 48.7 Å². The van der Waals surface area contributed by atoms with Crippen molar-refractivity contribution in [1.82, 2.24) is 20.1 Å². The molecule has 2 heterocycles. The van der Waals surface area contributed by atoms with Gasteiger partial charge in [0.25, 0.3) is 0 Å². The smallest absolute Gasteiger partial charge is 0.352 e. The van der Waals surface area contributed by atoms with Crippen LogP contribution in [0.25, 0.3) is 15.9 Å². The van der Waals surface area contributed by atoms with Crippen LogP contribution < -0.4 is 5.32 Å². The molecule has 2 aromatic heterocycles. The van der Waals surface area contributed by atoms with Gasteiger partial charge in [-0.3, -0.25) is 4.79 Å². The number of hydrogen-bond acceptors (Lipinski definition) is 4. The highest BCUT2D eigenvalue weighted by molar-refractivity contribution is 7.18. The summed E-state index contributed by atoms with van der Waals surface area (Å²) in [5, 5.41) is 7.44. The van der Waals surface area contributed by atoms with Crippen molar-refractivity contribution >= 4 is 27.5 Å². The molecule has 0 aliphatic rings. The van der Waals surface area contributed by atoms with Crippen molar-refractivity contribution in [1.29, 1.82) is 0 Å². The summed E-state index contributed by atoms with van der Waals surface area (Å²) in [5.41, 5.74) is 1.42. The molecule has 4 aromatic rings. The molecule has 0 spiro atoms. The third kappa shape index (κ3) is 5.29. The summed E-state index contributed by atoms with van der Waals surface area (Å²) in [5.74, 6) is -0.0490. The lowest BCUT2D eigenvalue weighted by molar-refractivity contribution is -0.141. The average molecular weight is 444 g/mol. The molecule has 0 radical (unpaired) electrons. The largest absolute Gasteiger partial charge is 0.435 e. The van der Waals surface area contributed by atoms with Crippen molar-refractivity contribution in [3.8, 4) is 5.69 Å². The number of halogens is 3. The first-order chi connectivity index (χ1) is 14.9. The third-order valence-corrected chi connectivity index (χ3v) is 5.80. The first-order valence-corrected chi connectivity index (χ1v) is 10.5. The van der Waals surface area contributed by atoms with Crippen molar-refractivity contribution in [2.75, 3.05) is 0 Å². The Hall–Kier alpha value is -3.20. The Balaban J connectivity index is 1.24. The number of carbonyl (C=O) groups excluding carboxylic acids is 1. The van der Waals surface area contributed by atoms with E-state index in [1.165, 1.54) is 10.9 Å². The summed E-state index contributed by atoms with van der Waals surface area (Å²) < 4.78 is 40.3. The molecule has 0 aliphatic carbocycles. The Morgan fingerprint density at radius 2 is 1.84 bits per heavy atom. The molecule has 0 aliphatic heterocycles. The number of hydrogen-bond donors (Lipinski definition) is 1. The maximum Gasteiger partial charge on any atom is 0.435 e. The quantitative estimate of drug-likeness (QED) is 0.429. The lowest BCUT2D eigenvalue weighted by Crippen LogP contribution is -2.22. The van der Waals surface area contributed by atoms with E-state index in [4.69, 9.17) is 0 Å².